The quantitative estimate of drug-likeness (QED) is 0.329. The Kier molecular flexibility index (Phi) is 9.58. The molecule has 2 aliphatic carbocycles. The maximum atomic E-state index is 2.54. The lowest BCUT2D eigenvalue weighted by molar-refractivity contribution is 0.218. The van der Waals surface area contributed by atoms with Crippen LogP contribution in [0.1, 0.15) is 108 Å². The summed E-state index contributed by atoms with van der Waals surface area (Å²) in [6.07, 6.45) is 27.0. The monoisotopic (exact) mass is 392 g/mol. The molecular formula is C29H44. The highest BCUT2D eigenvalue weighted by Crippen LogP contribution is 2.39. The van der Waals surface area contributed by atoms with E-state index in [9.17, 15) is 0 Å². The molecular weight excluding hydrogens is 348 g/mol. The molecule has 0 bridgehead atoms. The van der Waals surface area contributed by atoms with Gasteiger partial charge in [-0.05, 0) is 66.6 Å². The summed E-state index contributed by atoms with van der Waals surface area (Å²) in [5, 5.41) is 0. The Labute approximate surface area is 180 Å². The van der Waals surface area contributed by atoms with E-state index in [1.165, 1.54) is 107 Å². The number of unbranched alkanes of at least 4 members (excludes halogenated alkanes) is 5. The summed E-state index contributed by atoms with van der Waals surface area (Å²) in [4.78, 5) is 0. The third kappa shape index (κ3) is 7.16. The zero-order valence-electron chi connectivity index (χ0n) is 19.2. The first-order valence-electron chi connectivity index (χ1n) is 12.8. The molecule has 0 amide bonds. The number of allylic oxidation sites excluding steroid dienone is 4. The Hall–Kier alpha value is -1.30. The van der Waals surface area contributed by atoms with Crippen LogP contribution in [0, 0.1) is 17.8 Å². The molecule has 0 spiro atoms. The van der Waals surface area contributed by atoms with Crippen LogP contribution in [0.3, 0.4) is 0 Å². The van der Waals surface area contributed by atoms with Crippen molar-refractivity contribution in [3.8, 4) is 0 Å². The second-order valence-electron chi connectivity index (χ2n) is 9.70. The maximum absolute atomic E-state index is 2.54. The van der Waals surface area contributed by atoms with Crippen molar-refractivity contribution in [1.82, 2.24) is 0 Å². The zero-order chi connectivity index (χ0) is 20.3. The third-order valence-electron chi connectivity index (χ3n) is 7.45. The first kappa shape index (κ1) is 22.4. The van der Waals surface area contributed by atoms with Gasteiger partial charge in [0.15, 0.2) is 0 Å². The van der Waals surface area contributed by atoms with E-state index in [2.05, 4.69) is 56.3 Å². The summed E-state index contributed by atoms with van der Waals surface area (Å²) in [6, 6.07) is 9.35. The highest BCUT2D eigenvalue weighted by atomic mass is 14.3. The zero-order valence-corrected chi connectivity index (χ0v) is 19.2. The van der Waals surface area contributed by atoms with Gasteiger partial charge in [0.05, 0.1) is 0 Å². The van der Waals surface area contributed by atoms with E-state index < -0.39 is 0 Å². The molecule has 0 radical (unpaired) electrons. The van der Waals surface area contributed by atoms with Crippen molar-refractivity contribution in [2.45, 2.75) is 104 Å². The van der Waals surface area contributed by atoms with E-state index in [0.29, 0.717) is 0 Å². The smallest absolute Gasteiger partial charge is 0.0167 e. The molecule has 0 heteroatoms. The number of benzene rings is 1. The minimum atomic E-state index is 0.785. The number of hydrogen-bond donors (Lipinski definition) is 0. The van der Waals surface area contributed by atoms with Crippen LogP contribution in [-0.4, -0.2) is 0 Å². The van der Waals surface area contributed by atoms with Gasteiger partial charge in [0.1, 0.15) is 0 Å². The molecule has 0 saturated heterocycles. The highest BCUT2D eigenvalue weighted by molar-refractivity contribution is 5.75. The van der Waals surface area contributed by atoms with Gasteiger partial charge in [-0.15, -0.1) is 0 Å². The van der Waals surface area contributed by atoms with Gasteiger partial charge in [-0.1, -0.05) is 114 Å². The Morgan fingerprint density at radius 1 is 0.793 bits per heavy atom. The lowest BCUT2D eigenvalue weighted by Gasteiger charge is -2.33. The molecule has 1 aromatic rings. The van der Waals surface area contributed by atoms with Crippen LogP contribution in [0.4, 0.5) is 0 Å². The van der Waals surface area contributed by atoms with Crippen molar-refractivity contribution in [1.29, 1.82) is 0 Å². The molecule has 160 valence electrons. The maximum Gasteiger partial charge on any atom is -0.0167 e. The average Bonchev–Trinajstić information content (AvgIpc) is 2.78. The molecule has 0 nitrogen and oxygen atoms in total. The second-order valence-corrected chi connectivity index (χ2v) is 9.70. The van der Waals surface area contributed by atoms with Crippen molar-refractivity contribution in [2.75, 3.05) is 0 Å². The van der Waals surface area contributed by atoms with E-state index in [4.69, 9.17) is 0 Å². The molecule has 1 atom stereocenters. The molecule has 3 rings (SSSR count). The summed E-state index contributed by atoms with van der Waals surface area (Å²) in [7, 11) is 0. The molecule has 1 aromatic carbocycles. The fourth-order valence-electron chi connectivity index (χ4n) is 5.41. The molecule has 0 N–H and O–H groups in total. The van der Waals surface area contributed by atoms with E-state index in [1.807, 2.05) is 0 Å². The summed E-state index contributed by atoms with van der Waals surface area (Å²) < 4.78 is 0. The first-order chi connectivity index (χ1) is 14.3. The minimum Gasteiger partial charge on any atom is -0.0802 e. The molecule has 0 heterocycles. The van der Waals surface area contributed by atoms with Crippen LogP contribution in [0.5, 0.6) is 0 Å². The molecule has 0 aromatic heterocycles. The topological polar surface area (TPSA) is 0 Å². The SMILES string of the molecule is CCCCCCC1CCC(C2C=CC(c3ccc(CCCCC)cc3)=CC2)CC1. The molecule has 1 fully saturated rings. The van der Waals surface area contributed by atoms with Gasteiger partial charge in [0.2, 0.25) is 0 Å². The van der Waals surface area contributed by atoms with Gasteiger partial charge < -0.3 is 0 Å². The van der Waals surface area contributed by atoms with E-state index >= 15 is 0 Å². The Morgan fingerprint density at radius 2 is 1.52 bits per heavy atom. The Balaban J connectivity index is 1.41. The van der Waals surface area contributed by atoms with Crippen molar-refractivity contribution in [3.63, 3.8) is 0 Å². The third-order valence-corrected chi connectivity index (χ3v) is 7.45. The van der Waals surface area contributed by atoms with Crippen LogP contribution >= 0.6 is 0 Å². The van der Waals surface area contributed by atoms with E-state index in [-0.39, 0.29) is 0 Å². The standard InChI is InChI=1S/C29H44/c1-3-5-7-9-11-25-14-18-27(19-15-25)29-22-20-28(21-23-29)26-16-12-24(13-17-26)10-8-6-4-2/h12-13,16-17,20-22,25,27,29H,3-11,14-15,18-19,23H2,1-2H3. The lowest BCUT2D eigenvalue weighted by Crippen LogP contribution is -2.21. The molecule has 0 aliphatic heterocycles. The van der Waals surface area contributed by atoms with E-state index in [0.717, 1.165) is 17.8 Å². The van der Waals surface area contributed by atoms with Crippen LogP contribution in [0.25, 0.3) is 5.57 Å². The molecule has 2 aliphatic rings. The predicted octanol–water partition coefficient (Wildman–Crippen LogP) is 9.16. The van der Waals surface area contributed by atoms with Gasteiger partial charge in [-0.25, -0.2) is 0 Å². The fraction of sp³-hybridized carbons (Fsp3) is 0.655. The fourth-order valence-corrected chi connectivity index (χ4v) is 5.41. The lowest BCUT2D eigenvalue weighted by atomic mass is 9.72. The van der Waals surface area contributed by atoms with Crippen LogP contribution < -0.4 is 0 Å². The Morgan fingerprint density at radius 3 is 2.17 bits per heavy atom. The van der Waals surface area contributed by atoms with Crippen LogP contribution in [0.2, 0.25) is 0 Å². The number of hydrogen-bond acceptors (Lipinski definition) is 0. The van der Waals surface area contributed by atoms with Gasteiger partial charge in [-0.3, -0.25) is 0 Å². The molecule has 1 saturated carbocycles. The summed E-state index contributed by atoms with van der Waals surface area (Å²) in [5.74, 6) is 2.74. The summed E-state index contributed by atoms with van der Waals surface area (Å²) in [6.45, 7) is 4.59. The van der Waals surface area contributed by atoms with Crippen molar-refractivity contribution < 1.29 is 0 Å². The van der Waals surface area contributed by atoms with Gasteiger partial charge in [0, 0.05) is 0 Å². The number of rotatable bonds is 11. The van der Waals surface area contributed by atoms with E-state index in [1.54, 1.807) is 0 Å². The Bertz CT molecular complexity index is 625. The first-order valence-corrected chi connectivity index (χ1v) is 12.8. The van der Waals surface area contributed by atoms with Gasteiger partial charge in [0.25, 0.3) is 0 Å². The molecule has 1 unspecified atom stereocenters. The van der Waals surface area contributed by atoms with Gasteiger partial charge in [-0.2, -0.15) is 0 Å². The highest BCUT2D eigenvalue weighted by Gasteiger charge is 2.26. The van der Waals surface area contributed by atoms with Crippen molar-refractivity contribution in [3.05, 3.63) is 53.6 Å². The number of aryl methyl sites for hydroxylation is 1. The summed E-state index contributed by atoms with van der Waals surface area (Å²) >= 11 is 0. The average molecular weight is 393 g/mol. The van der Waals surface area contributed by atoms with Crippen LogP contribution in [-0.2, 0) is 6.42 Å². The van der Waals surface area contributed by atoms with Crippen molar-refractivity contribution in [2.24, 2.45) is 17.8 Å². The summed E-state index contributed by atoms with van der Waals surface area (Å²) in [5.41, 5.74) is 4.33. The second kappa shape index (κ2) is 12.4. The largest absolute Gasteiger partial charge is 0.0802 e. The van der Waals surface area contributed by atoms with Gasteiger partial charge >= 0.3 is 0 Å². The minimum absolute atomic E-state index is 0.785. The molecule has 29 heavy (non-hydrogen) atoms. The predicted molar refractivity (Wildman–Crippen MR) is 129 cm³/mol. The van der Waals surface area contributed by atoms with Crippen molar-refractivity contribution >= 4 is 5.57 Å². The normalized spacial score (nSPS) is 24.5. The van der Waals surface area contributed by atoms with Crippen LogP contribution in [0.15, 0.2) is 42.5 Å².